The lowest BCUT2D eigenvalue weighted by Gasteiger charge is -2.40. The molecule has 3 heterocycles. The average molecular weight is 353 g/mol. The van der Waals surface area contributed by atoms with Crippen molar-refractivity contribution in [1.29, 1.82) is 0 Å². The van der Waals surface area contributed by atoms with Gasteiger partial charge in [0.05, 0.1) is 0 Å². The molecule has 2 aliphatic rings. The molecule has 1 aromatic heterocycles. The molecule has 0 bridgehead atoms. The summed E-state index contributed by atoms with van der Waals surface area (Å²) in [4.78, 5) is 11.4. The Bertz CT molecular complexity index is 762. The third kappa shape index (κ3) is 3.83. The highest BCUT2D eigenvalue weighted by molar-refractivity contribution is 5.44. The van der Waals surface area contributed by atoms with Crippen LogP contribution in [0.1, 0.15) is 43.6 Å². The molecule has 26 heavy (non-hydrogen) atoms. The van der Waals surface area contributed by atoms with E-state index in [4.69, 9.17) is 9.47 Å². The van der Waals surface area contributed by atoms with Crippen molar-refractivity contribution >= 4 is 0 Å². The lowest BCUT2D eigenvalue weighted by molar-refractivity contribution is 0.0968. The van der Waals surface area contributed by atoms with Crippen LogP contribution in [0.4, 0.5) is 0 Å². The highest BCUT2D eigenvalue weighted by atomic mass is 16.7. The predicted molar refractivity (Wildman–Crippen MR) is 100 cm³/mol. The summed E-state index contributed by atoms with van der Waals surface area (Å²) in [6.07, 6.45) is 8.40. The van der Waals surface area contributed by atoms with E-state index in [0.717, 1.165) is 49.8 Å². The van der Waals surface area contributed by atoms with Crippen LogP contribution >= 0.6 is 0 Å². The van der Waals surface area contributed by atoms with Gasteiger partial charge in [-0.05, 0) is 48.9 Å². The van der Waals surface area contributed by atoms with Crippen LogP contribution in [0.15, 0.2) is 30.6 Å². The number of hydrogen-bond donors (Lipinski definition) is 0. The molecule has 0 saturated carbocycles. The van der Waals surface area contributed by atoms with Gasteiger partial charge in [-0.25, -0.2) is 9.97 Å². The van der Waals surface area contributed by atoms with E-state index in [1.54, 1.807) is 0 Å². The van der Waals surface area contributed by atoms with Gasteiger partial charge in [-0.3, -0.25) is 4.90 Å². The minimum Gasteiger partial charge on any atom is -0.454 e. The first-order valence-corrected chi connectivity index (χ1v) is 9.54. The van der Waals surface area contributed by atoms with Gasteiger partial charge in [-0.1, -0.05) is 19.9 Å². The summed E-state index contributed by atoms with van der Waals surface area (Å²) in [7, 11) is 0. The number of aromatic nitrogens is 2. The van der Waals surface area contributed by atoms with Crippen LogP contribution in [0.3, 0.4) is 0 Å². The Hall–Kier alpha value is -2.14. The number of nitrogens with zero attached hydrogens (tertiary/aromatic N) is 3. The van der Waals surface area contributed by atoms with Gasteiger partial charge in [0, 0.05) is 37.5 Å². The Morgan fingerprint density at radius 2 is 1.92 bits per heavy atom. The number of rotatable bonds is 5. The molecule has 0 N–H and O–H groups in total. The van der Waals surface area contributed by atoms with E-state index < -0.39 is 0 Å². The Balaban J connectivity index is 1.41. The minimum absolute atomic E-state index is 0.274. The van der Waals surface area contributed by atoms with E-state index in [2.05, 4.69) is 40.8 Å². The molecule has 1 fully saturated rings. The molecule has 1 saturated heterocycles. The lowest BCUT2D eigenvalue weighted by atomic mass is 9.77. The van der Waals surface area contributed by atoms with Crippen LogP contribution in [-0.2, 0) is 19.4 Å². The molecule has 0 radical (unpaired) electrons. The normalized spacial score (nSPS) is 22.5. The Kier molecular flexibility index (Phi) is 4.81. The fraction of sp³-hybridized carbons (Fsp3) is 0.524. The van der Waals surface area contributed by atoms with E-state index >= 15 is 0 Å². The SMILES string of the molecule is CCc1ncc(CN2CCCC(C)(Cc3ccc4c(c3)OCO4)C2)cn1. The molecule has 5 nitrogen and oxygen atoms in total. The summed E-state index contributed by atoms with van der Waals surface area (Å²) in [5, 5.41) is 0. The molecule has 1 unspecified atom stereocenters. The Morgan fingerprint density at radius 1 is 1.12 bits per heavy atom. The molecule has 4 rings (SSSR count). The van der Waals surface area contributed by atoms with E-state index in [0.29, 0.717) is 6.79 Å². The number of aryl methyl sites for hydroxylation is 1. The van der Waals surface area contributed by atoms with Gasteiger partial charge in [0.15, 0.2) is 11.5 Å². The van der Waals surface area contributed by atoms with Crippen molar-refractivity contribution in [2.75, 3.05) is 19.9 Å². The third-order valence-corrected chi connectivity index (χ3v) is 5.41. The molecular formula is C21H27N3O2. The first kappa shape index (κ1) is 17.3. The van der Waals surface area contributed by atoms with Gasteiger partial charge in [-0.2, -0.15) is 0 Å². The van der Waals surface area contributed by atoms with Gasteiger partial charge in [0.2, 0.25) is 6.79 Å². The monoisotopic (exact) mass is 353 g/mol. The topological polar surface area (TPSA) is 47.5 Å². The van der Waals surface area contributed by atoms with Crippen molar-refractivity contribution in [2.24, 2.45) is 5.41 Å². The van der Waals surface area contributed by atoms with Crippen molar-refractivity contribution in [1.82, 2.24) is 14.9 Å². The van der Waals surface area contributed by atoms with E-state index in [-0.39, 0.29) is 5.41 Å². The van der Waals surface area contributed by atoms with E-state index in [9.17, 15) is 0 Å². The second-order valence-corrected chi connectivity index (χ2v) is 7.85. The Morgan fingerprint density at radius 3 is 2.73 bits per heavy atom. The number of benzene rings is 1. The second-order valence-electron chi connectivity index (χ2n) is 7.85. The van der Waals surface area contributed by atoms with Crippen LogP contribution in [0, 0.1) is 5.41 Å². The van der Waals surface area contributed by atoms with Crippen molar-refractivity contribution in [3.8, 4) is 11.5 Å². The van der Waals surface area contributed by atoms with Gasteiger partial charge in [-0.15, -0.1) is 0 Å². The maximum absolute atomic E-state index is 5.53. The minimum atomic E-state index is 0.274. The second kappa shape index (κ2) is 7.23. The molecule has 0 amide bonds. The van der Waals surface area contributed by atoms with Gasteiger partial charge < -0.3 is 9.47 Å². The average Bonchev–Trinajstić information content (AvgIpc) is 3.10. The standard InChI is InChI=1S/C21H27N3O2/c1-3-20-22-11-17(12-23-20)13-24-8-4-7-21(2,14-24)10-16-5-6-18-19(9-16)26-15-25-18/h5-6,9,11-12H,3-4,7-8,10,13-15H2,1-2H3. The molecule has 2 aromatic rings. The van der Waals surface area contributed by atoms with Crippen molar-refractivity contribution < 1.29 is 9.47 Å². The zero-order valence-electron chi connectivity index (χ0n) is 15.7. The quantitative estimate of drug-likeness (QED) is 0.822. The van der Waals surface area contributed by atoms with Crippen LogP contribution in [-0.4, -0.2) is 34.8 Å². The molecule has 1 atom stereocenters. The highest BCUT2D eigenvalue weighted by Crippen LogP contribution is 2.37. The first-order chi connectivity index (χ1) is 12.6. The maximum Gasteiger partial charge on any atom is 0.231 e. The zero-order chi connectivity index (χ0) is 18.0. The summed E-state index contributed by atoms with van der Waals surface area (Å²) in [6, 6.07) is 6.35. The summed E-state index contributed by atoms with van der Waals surface area (Å²) in [6.45, 7) is 7.99. The molecule has 138 valence electrons. The molecule has 5 heteroatoms. The molecule has 2 aliphatic heterocycles. The number of fused-ring (bicyclic) bond motifs is 1. The largest absolute Gasteiger partial charge is 0.454 e. The maximum atomic E-state index is 5.53. The van der Waals surface area contributed by atoms with E-state index in [1.165, 1.54) is 24.0 Å². The van der Waals surface area contributed by atoms with Crippen molar-refractivity contribution in [3.05, 3.63) is 47.5 Å². The van der Waals surface area contributed by atoms with Gasteiger partial charge >= 0.3 is 0 Å². The third-order valence-electron chi connectivity index (χ3n) is 5.41. The molecule has 0 aliphatic carbocycles. The van der Waals surface area contributed by atoms with Crippen molar-refractivity contribution in [2.45, 2.75) is 46.1 Å². The zero-order valence-corrected chi connectivity index (χ0v) is 15.7. The molecular weight excluding hydrogens is 326 g/mol. The highest BCUT2D eigenvalue weighted by Gasteiger charge is 2.31. The van der Waals surface area contributed by atoms with Crippen molar-refractivity contribution in [3.63, 3.8) is 0 Å². The predicted octanol–water partition coefficient (Wildman–Crippen LogP) is 3.61. The van der Waals surface area contributed by atoms with Crippen LogP contribution in [0.2, 0.25) is 0 Å². The van der Waals surface area contributed by atoms with Crippen LogP contribution < -0.4 is 9.47 Å². The van der Waals surface area contributed by atoms with Crippen LogP contribution in [0.25, 0.3) is 0 Å². The lowest BCUT2D eigenvalue weighted by Crippen LogP contribution is -2.42. The fourth-order valence-electron chi connectivity index (χ4n) is 4.15. The summed E-state index contributed by atoms with van der Waals surface area (Å²) in [5.41, 5.74) is 2.81. The number of piperidine rings is 1. The van der Waals surface area contributed by atoms with Crippen LogP contribution in [0.5, 0.6) is 11.5 Å². The summed E-state index contributed by atoms with van der Waals surface area (Å²) in [5.74, 6) is 2.66. The van der Waals surface area contributed by atoms with Gasteiger partial charge in [0.25, 0.3) is 0 Å². The number of hydrogen-bond acceptors (Lipinski definition) is 5. The molecule has 1 aromatic carbocycles. The number of ether oxygens (including phenoxy) is 2. The summed E-state index contributed by atoms with van der Waals surface area (Å²) >= 11 is 0. The first-order valence-electron chi connectivity index (χ1n) is 9.54. The Labute approximate surface area is 155 Å². The van der Waals surface area contributed by atoms with Gasteiger partial charge in [0.1, 0.15) is 5.82 Å². The molecule has 0 spiro atoms. The number of likely N-dealkylation sites (tertiary alicyclic amines) is 1. The van der Waals surface area contributed by atoms with E-state index in [1.807, 2.05) is 18.5 Å². The summed E-state index contributed by atoms with van der Waals surface area (Å²) < 4.78 is 11.0. The smallest absolute Gasteiger partial charge is 0.231 e. The fourth-order valence-corrected chi connectivity index (χ4v) is 4.15.